The van der Waals surface area contributed by atoms with E-state index in [0.29, 0.717) is 16.6 Å². The number of aryl methyl sites for hydroxylation is 2. The number of nitrogens with zero attached hydrogens (tertiary/aromatic N) is 3. The third kappa shape index (κ3) is 3.08. The molecule has 0 bridgehead atoms. The number of aromatic nitrogens is 3. The fourth-order valence-corrected chi connectivity index (χ4v) is 2.67. The molecule has 0 aliphatic rings. The van der Waals surface area contributed by atoms with Gasteiger partial charge in [-0.3, -0.25) is 9.48 Å². The van der Waals surface area contributed by atoms with Crippen molar-refractivity contribution < 1.29 is 4.79 Å². The molecule has 8 heteroatoms. The van der Waals surface area contributed by atoms with Gasteiger partial charge in [-0.1, -0.05) is 11.3 Å². The van der Waals surface area contributed by atoms with E-state index < -0.39 is 0 Å². The number of thiazole rings is 1. The monoisotopic (exact) mass is 294 g/mol. The second kappa shape index (κ2) is 5.91. The van der Waals surface area contributed by atoms with E-state index in [4.69, 9.17) is 5.73 Å². The first-order valence-electron chi connectivity index (χ1n) is 6.28. The molecule has 7 nitrogen and oxygen atoms in total. The Hall–Kier alpha value is -2.09. The lowest BCUT2D eigenvalue weighted by Crippen LogP contribution is -2.22. The normalized spacial score (nSPS) is 10.6. The van der Waals surface area contributed by atoms with Crippen LogP contribution in [0, 0.1) is 6.92 Å². The average molecular weight is 294 g/mol. The molecule has 2 heterocycles. The summed E-state index contributed by atoms with van der Waals surface area (Å²) in [7, 11) is 1.85. The molecule has 0 aromatic carbocycles. The Balaban J connectivity index is 2.03. The molecule has 2 aromatic heterocycles. The molecule has 0 saturated heterocycles. The molecule has 0 saturated carbocycles. The van der Waals surface area contributed by atoms with Gasteiger partial charge in [0, 0.05) is 31.9 Å². The molecule has 4 N–H and O–H groups in total. The Morgan fingerprint density at radius 3 is 2.90 bits per heavy atom. The van der Waals surface area contributed by atoms with Gasteiger partial charge in [0.1, 0.15) is 10.7 Å². The predicted octanol–water partition coefficient (Wildman–Crippen LogP) is 1.13. The van der Waals surface area contributed by atoms with Crippen molar-refractivity contribution in [3.05, 3.63) is 22.3 Å². The molecule has 0 aliphatic carbocycles. The van der Waals surface area contributed by atoms with Crippen molar-refractivity contribution in [3.8, 4) is 0 Å². The van der Waals surface area contributed by atoms with E-state index in [1.165, 1.54) is 11.3 Å². The summed E-state index contributed by atoms with van der Waals surface area (Å²) in [4.78, 5) is 16.6. The van der Waals surface area contributed by atoms with Gasteiger partial charge in [0.25, 0.3) is 5.91 Å². The van der Waals surface area contributed by atoms with Crippen LogP contribution in [0.15, 0.2) is 6.20 Å². The molecular weight excluding hydrogens is 276 g/mol. The highest BCUT2D eigenvalue weighted by Gasteiger charge is 2.16. The van der Waals surface area contributed by atoms with Gasteiger partial charge in [-0.25, -0.2) is 4.98 Å². The first-order chi connectivity index (χ1) is 9.51. The molecule has 20 heavy (non-hydrogen) atoms. The number of hydrogen-bond donors (Lipinski definition) is 3. The summed E-state index contributed by atoms with van der Waals surface area (Å²) in [5, 5.41) is 10.8. The summed E-state index contributed by atoms with van der Waals surface area (Å²) < 4.78 is 1.72. The molecule has 0 fully saturated rings. The lowest BCUT2D eigenvalue weighted by molar-refractivity contribution is 0.0955. The Morgan fingerprint density at radius 1 is 1.55 bits per heavy atom. The largest absolute Gasteiger partial charge is 0.382 e. The highest BCUT2D eigenvalue weighted by Crippen LogP contribution is 2.24. The molecule has 1 amide bonds. The molecule has 0 atom stereocenters. The SMILES string of the molecule is CCNc1nc(N)c(C(=O)NCc2cn(C)nc2C)s1. The van der Waals surface area contributed by atoms with E-state index in [1.807, 2.05) is 27.1 Å². The highest BCUT2D eigenvalue weighted by atomic mass is 32.1. The van der Waals surface area contributed by atoms with Crippen molar-refractivity contribution in [1.29, 1.82) is 0 Å². The summed E-state index contributed by atoms with van der Waals surface area (Å²) >= 11 is 1.26. The second-order valence-electron chi connectivity index (χ2n) is 4.36. The van der Waals surface area contributed by atoms with Crippen LogP contribution in [-0.2, 0) is 13.6 Å². The van der Waals surface area contributed by atoms with Crippen LogP contribution in [0.5, 0.6) is 0 Å². The van der Waals surface area contributed by atoms with Gasteiger partial charge < -0.3 is 16.4 Å². The summed E-state index contributed by atoms with van der Waals surface area (Å²) in [6.45, 7) is 5.03. The summed E-state index contributed by atoms with van der Waals surface area (Å²) in [6.07, 6.45) is 1.88. The molecule has 0 radical (unpaired) electrons. The summed E-state index contributed by atoms with van der Waals surface area (Å²) in [5.74, 6) is 0.0405. The maximum atomic E-state index is 12.1. The molecular formula is C12H18N6OS. The maximum Gasteiger partial charge on any atom is 0.265 e. The van der Waals surface area contributed by atoms with Crippen molar-refractivity contribution in [2.24, 2.45) is 7.05 Å². The van der Waals surface area contributed by atoms with Crippen LogP contribution in [-0.4, -0.2) is 27.2 Å². The molecule has 0 unspecified atom stereocenters. The zero-order valence-electron chi connectivity index (χ0n) is 11.7. The summed E-state index contributed by atoms with van der Waals surface area (Å²) in [6, 6.07) is 0. The van der Waals surface area contributed by atoms with E-state index in [-0.39, 0.29) is 11.7 Å². The number of anilines is 2. The number of rotatable bonds is 5. The average Bonchev–Trinajstić information content (AvgIpc) is 2.90. The number of nitrogens with one attached hydrogen (secondary N) is 2. The van der Waals surface area contributed by atoms with Crippen LogP contribution in [0.1, 0.15) is 27.9 Å². The highest BCUT2D eigenvalue weighted by molar-refractivity contribution is 7.18. The third-order valence-electron chi connectivity index (χ3n) is 2.74. The zero-order valence-corrected chi connectivity index (χ0v) is 12.5. The first-order valence-corrected chi connectivity index (χ1v) is 7.10. The molecule has 0 spiro atoms. The minimum absolute atomic E-state index is 0.215. The minimum Gasteiger partial charge on any atom is -0.382 e. The third-order valence-corrected chi connectivity index (χ3v) is 3.77. The van der Waals surface area contributed by atoms with Crippen molar-refractivity contribution in [2.45, 2.75) is 20.4 Å². The van der Waals surface area contributed by atoms with Crippen molar-refractivity contribution in [3.63, 3.8) is 0 Å². The van der Waals surface area contributed by atoms with E-state index in [1.54, 1.807) is 4.68 Å². The van der Waals surface area contributed by atoms with Gasteiger partial charge in [-0.15, -0.1) is 0 Å². The minimum atomic E-state index is -0.215. The topological polar surface area (TPSA) is 97.9 Å². The number of carbonyl (C=O) groups excluding carboxylic acids is 1. The van der Waals surface area contributed by atoms with Crippen LogP contribution in [0.25, 0.3) is 0 Å². The van der Waals surface area contributed by atoms with E-state index >= 15 is 0 Å². The smallest absolute Gasteiger partial charge is 0.265 e. The van der Waals surface area contributed by atoms with Gasteiger partial charge in [-0.05, 0) is 13.8 Å². The van der Waals surface area contributed by atoms with Gasteiger partial charge in [-0.2, -0.15) is 5.10 Å². The molecule has 2 aromatic rings. The standard InChI is InChI=1S/C12H18N6OS/c1-4-14-12-16-10(13)9(20-12)11(19)15-5-8-6-18(3)17-7(8)2/h6H,4-5,13H2,1-3H3,(H,14,16)(H,15,19). The second-order valence-corrected chi connectivity index (χ2v) is 5.36. The Bertz CT molecular complexity index is 617. The maximum absolute atomic E-state index is 12.1. The fraction of sp³-hybridized carbons (Fsp3) is 0.417. The number of nitrogen functional groups attached to an aromatic ring is 1. The molecule has 0 aliphatic heterocycles. The number of hydrogen-bond acceptors (Lipinski definition) is 6. The lowest BCUT2D eigenvalue weighted by Gasteiger charge is -2.02. The van der Waals surface area contributed by atoms with Gasteiger partial charge in [0.15, 0.2) is 5.13 Å². The van der Waals surface area contributed by atoms with E-state index in [0.717, 1.165) is 17.8 Å². The van der Waals surface area contributed by atoms with E-state index in [9.17, 15) is 4.79 Å². The van der Waals surface area contributed by atoms with Gasteiger partial charge in [0.05, 0.1) is 5.69 Å². The zero-order chi connectivity index (χ0) is 14.7. The van der Waals surface area contributed by atoms with Crippen molar-refractivity contribution in [2.75, 3.05) is 17.6 Å². The molecule has 2 rings (SSSR count). The van der Waals surface area contributed by atoms with Crippen LogP contribution in [0.2, 0.25) is 0 Å². The predicted molar refractivity (Wildman–Crippen MR) is 79.8 cm³/mol. The quantitative estimate of drug-likeness (QED) is 0.768. The van der Waals surface area contributed by atoms with Crippen molar-refractivity contribution in [1.82, 2.24) is 20.1 Å². The van der Waals surface area contributed by atoms with Crippen LogP contribution in [0.3, 0.4) is 0 Å². The van der Waals surface area contributed by atoms with E-state index in [2.05, 4.69) is 20.7 Å². The Kier molecular flexibility index (Phi) is 4.23. The van der Waals surface area contributed by atoms with Crippen LogP contribution >= 0.6 is 11.3 Å². The number of carbonyl (C=O) groups is 1. The summed E-state index contributed by atoms with van der Waals surface area (Å²) in [5.41, 5.74) is 7.64. The lowest BCUT2D eigenvalue weighted by atomic mass is 10.2. The number of amides is 1. The van der Waals surface area contributed by atoms with Gasteiger partial charge in [0.2, 0.25) is 0 Å². The molecule has 108 valence electrons. The first kappa shape index (κ1) is 14.3. The van der Waals surface area contributed by atoms with Crippen LogP contribution < -0.4 is 16.4 Å². The fourth-order valence-electron chi connectivity index (χ4n) is 1.80. The Labute approximate surface area is 121 Å². The van der Waals surface area contributed by atoms with Crippen LogP contribution in [0.4, 0.5) is 10.9 Å². The van der Waals surface area contributed by atoms with Gasteiger partial charge >= 0.3 is 0 Å². The van der Waals surface area contributed by atoms with Crippen molar-refractivity contribution >= 4 is 28.2 Å². The number of nitrogens with two attached hydrogens (primary N) is 1. The Morgan fingerprint density at radius 2 is 2.30 bits per heavy atom.